The molecule has 0 fully saturated rings. The number of carbonyl (C=O) groups excluding carboxylic acids is 1. The maximum absolute atomic E-state index is 12.8. The molecule has 4 heterocycles. The van der Waals surface area contributed by atoms with E-state index in [1.807, 2.05) is 0 Å². The Balaban J connectivity index is 0.000000375. The lowest BCUT2D eigenvalue weighted by Crippen LogP contribution is -2.08. The number of carbonyl (C=O) groups is 1. The summed E-state index contributed by atoms with van der Waals surface area (Å²) >= 11 is 2.38. The summed E-state index contributed by atoms with van der Waals surface area (Å²) in [4.78, 5) is 26.6. The van der Waals surface area contributed by atoms with E-state index in [4.69, 9.17) is 5.73 Å². The molecule has 0 spiro atoms. The predicted octanol–water partition coefficient (Wildman–Crippen LogP) is 8.05. The number of nitrogen functional groups attached to an aromatic ring is 1. The molecular weight excluding hydrogens is 564 g/mol. The number of nitrogens with zero attached hydrogens (tertiary/aromatic N) is 4. The zero-order valence-corrected chi connectivity index (χ0v) is 21.2. The molecule has 4 aromatic heterocycles. The van der Waals surface area contributed by atoms with Gasteiger partial charge in [-0.1, -0.05) is 14.9 Å². The van der Waals surface area contributed by atoms with Crippen LogP contribution < -0.4 is 5.73 Å². The maximum atomic E-state index is 12.8. The van der Waals surface area contributed by atoms with Gasteiger partial charge >= 0.3 is 12.4 Å². The van der Waals surface area contributed by atoms with E-state index in [-0.39, 0.29) is 38.4 Å². The van der Waals surface area contributed by atoms with Crippen molar-refractivity contribution in [1.82, 2.24) is 19.9 Å². The number of thiazole rings is 2. The monoisotopic (exact) mass is 591 g/mol. The summed E-state index contributed by atoms with van der Waals surface area (Å²) in [5.41, 5.74) is 4.99. The average Bonchev–Trinajstić information content (AvgIpc) is 3.42. The zero-order chi connectivity index (χ0) is 27.5. The molecule has 0 aliphatic heterocycles. The van der Waals surface area contributed by atoms with E-state index in [1.54, 1.807) is 10.8 Å². The Morgan fingerprint density at radius 3 is 1.64 bits per heavy atom. The molecule has 0 aliphatic carbocycles. The molecule has 14 heteroatoms. The SMILES string of the molecule is C.C.CC(=O)Cc1csc(-c2cnc(C)c(C(F)(F)F)c2)n1.Cc1ncc(-c2nc(N)cs2)cc1C(F)(F)F. The van der Waals surface area contributed by atoms with Gasteiger partial charge in [-0.2, -0.15) is 26.3 Å². The first-order chi connectivity index (χ1) is 17.1. The van der Waals surface area contributed by atoms with Crippen LogP contribution in [0.3, 0.4) is 0 Å². The molecule has 0 radical (unpaired) electrons. The van der Waals surface area contributed by atoms with Gasteiger partial charge in [-0.25, -0.2) is 9.97 Å². The predicted molar refractivity (Wildman–Crippen MR) is 142 cm³/mol. The normalized spacial score (nSPS) is 11.1. The molecule has 0 unspecified atom stereocenters. The molecular formula is C25H27F6N5OS2. The van der Waals surface area contributed by atoms with E-state index < -0.39 is 23.5 Å². The van der Waals surface area contributed by atoms with Crippen molar-refractivity contribution in [3.05, 3.63) is 63.5 Å². The molecule has 4 rings (SSSR count). The molecule has 4 aromatic rings. The van der Waals surface area contributed by atoms with E-state index in [2.05, 4.69) is 19.9 Å². The number of alkyl halides is 6. The van der Waals surface area contributed by atoms with E-state index in [0.29, 0.717) is 32.7 Å². The molecule has 0 aromatic carbocycles. The Bertz CT molecular complexity index is 1410. The van der Waals surface area contributed by atoms with Crippen LogP contribution in [0.5, 0.6) is 0 Å². The van der Waals surface area contributed by atoms with Gasteiger partial charge in [-0.05, 0) is 32.9 Å². The van der Waals surface area contributed by atoms with Crippen LogP contribution in [-0.4, -0.2) is 25.7 Å². The van der Waals surface area contributed by atoms with Crippen LogP contribution >= 0.6 is 22.7 Å². The Kier molecular flexibility index (Phi) is 11.3. The van der Waals surface area contributed by atoms with Gasteiger partial charge in [0.25, 0.3) is 0 Å². The lowest BCUT2D eigenvalue weighted by Gasteiger charge is -2.10. The smallest absolute Gasteiger partial charge is 0.383 e. The van der Waals surface area contributed by atoms with Gasteiger partial charge < -0.3 is 5.73 Å². The number of nitrogens with two attached hydrogens (primary N) is 1. The van der Waals surface area contributed by atoms with Crippen LogP contribution in [0.2, 0.25) is 0 Å². The second kappa shape index (κ2) is 13.1. The highest BCUT2D eigenvalue weighted by atomic mass is 32.1. The number of rotatable bonds is 4. The highest BCUT2D eigenvalue weighted by Crippen LogP contribution is 2.35. The highest BCUT2D eigenvalue weighted by molar-refractivity contribution is 7.13. The van der Waals surface area contributed by atoms with Gasteiger partial charge in [-0.15, -0.1) is 22.7 Å². The van der Waals surface area contributed by atoms with Gasteiger partial charge in [0, 0.05) is 52.1 Å². The third-order valence-corrected chi connectivity index (χ3v) is 6.63. The Hall–Kier alpha value is -3.39. The van der Waals surface area contributed by atoms with Gasteiger partial charge in [0.1, 0.15) is 21.6 Å². The molecule has 0 bridgehead atoms. The van der Waals surface area contributed by atoms with Crippen molar-refractivity contribution in [1.29, 1.82) is 0 Å². The van der Waals surface area contributed by atoms with Gasteiger partial charge in [0.05, 0.1) is 16.8 Å². The van der Waals surface area contributed by atoms with Gasteiger partial charge in [0.2, 0.25) is 0 Å². The third kappa shape index (κ3) is 8.82. The number of halogens is 6. The van der Waals surface area contributed by atoms with Crippen molar-refractivity contribution < 1.29 is 31.1 Å². The Labute approximate surface area is 230 Å². The number of hydrogen-bond acceptors (Lipinski definition) is 8. The van der Waals surface area contributed by atoms with Crippen LogP contribution in [0.1, 0.15) is 50.0 Å². The molecule has 0 atom stereocenters. The van der Waals surface area contributed by atoms with Crippen LogP contribution in [-0.2, 0) is 23.6 Å². The fraction of sp³-hybridized carbons (Fsp3) is 0.320. The summed E-state index contributed by atoms with van der Waals surface area (Å²) in [6, 6.07) is 2.08. The number of ketones is 1. The van der Waals surface area contributed by atoms with E-state index in [1.165, 1.54) is 55.8 Å². The van der Waals surface area contributed by atoms with Crippen molar-refractivity contribution in [2.75, 3.05) is 5.73 Å². The quantitative estimate of drug-likeness (QED) is 0.241. The summed E-state index contributed by atoms with van der Waals surface area (Å²) in [5, 5.41) is 4.10. The third-order valence-electron chi connectivity index (χ3n) is 4.78. The number of pyridine rings is 2. The summed E-state index contributed by atoms with van der Waals surface area (Å²) < 4.78 is 76.5. The molecule has 0 saturated carbocycles. The van der Waals surface area contributed by atoms with Crippen LogP contribution in [0.25, 0.3) is 21.1 Å². The number of aryl methyl sites for hydroxylation is 2. The summed E-state index contributed by atoms with van der Waals surface area (Å²) in [5.74, 6) is 0.249. The number of Topliss-reactive ketones (excluding diaryl/α,β-unsaturated/α-hetero) is 1. The lowest BCUT2D eigenvalue weighted by molar-refractivity contribution is -0.139. The minimum atomic E-state index is -4.44. The van der Waals surface area contributed by atoms with Crippen molar-refractivity contribution in [3.8, 4) is 21.1 Å². The van der Waals surface area contributed by atoms with E-state index in [9.17, 15) is 31.1 Å². The van der Waals surface area contributed by atoms with Crippen LogP contribution in [0.4, 0.5) is 32.2 Å². The summed E-state index contributed by atoms with van der Waals surface area (Å²) in [7, 11) is 0. The molecule has 0 amide bonds. The second-order valence-electron chi connectivity index (χ2n) is 7.81. The molecule has 39 heavy (non-hydrogen) atoms. The standard InChI is InChI=1S/C13H11F3N2OS.C10H8F3N3S.2CH4/c1-7(19)3-10-6-20-12(18-10)9-4-11(13(14,15)16)8(2)17-5-9;1-5-7(10(11,12)13)2-6(3-15-5)9-16-8(14)4-17-9;;/h4-6H,3H2,1-2H3;2-4H,14H2,1H3;2*1H4. The maximum Gasteiger partial charge on any atom is 0.418 e. The average molecular weight is 592 g/mol. The first-order valence-corrected chi connectivity index (χ1v) is 12.1. The van der Waals surface area contributed by atoms with Crippen molar-refractivity contribution >= 4 is 34.3 Å². The minimum absolute atomic E-state index is 0. The lowest BCUT2D eigenvalue weighted by atomic mass is 10.1. The van der Waals surface area contributed by atoms with Crippen LogP contribution in [0.15, 0.2) is 35.3 Å². The topological polar surface area (TPSA) is 94.6 Å². The molecule has 0 saturated heterocycles. The van der Waals surface area contributed by atoms with Gasteiger partial charge in [-0.3, -0.25) is 14.8 Å². The van der Waals surface area contributed by atoms with Crippen molar-refractivity contribution in [2.45, 2.75) is 54.4 Å². The van der Waals surface area contributed by atoms with Crippen molar-refractivity contribution in [3.63, 3.8) is 0 Å². The second-order valence-corrected chi connectivity index (χ2v) is 9.53. The molecule has 2 N–H and O–H groups in total. The van der Waals surface area contributed by atoms with Crippen LogP contribution in [0, 0.1) is 13.8 Å². The fourth-order valence-electron chi connectivity index (χ4n) is 3.07. The zero-order valence-electron chi connectivity index (χ0n) is 19.5. The van der Waals surface area contributed by atoms with E-state index in [0.717, 1.165) is 12.1 Å². The fourth-order valence-corrected chi connectivity index (χ4v) is 4.56. The number of hydrogen-bond donors (Lipinski definition) is 1. The van der Waals surface area contributed by atoms with Gasteiger partial charge in [0.15, 0.2) is 0 Å². The van der Waals surface area contributed by atoms with E-state index >= 15 is 0 Å². The first-order valence-electron chi connectivity index (χ1n) is 10.4. The molecule has 212 valence electrons. The minimum Gasteiger partial charge on any atom is -0.383 e. The molecule has 0 aliphatic rings. The number of aromatic nitrogens is 4. The first kappa shape index (κ1) is 33.6. The summed E-state index contributed by atoms with van der Waals surface area (Å²) in [6.07, 6.45) is -5.94. The molecule has 6 nitrogen and oxygen atoms in total. The number of anilines is 1. The van der Waals surface area contributed by atoms with Crippen molar-refractivity contribution in [2.24, 2.45) is 0 Å². The largest absolute Gasteiger partial charge is 0.418 e. The Morgan fingerprint density at radius 1 is 0.821 bits per heavy atom. The summed E-state index contributed by atoms with van der Waals surface area (Å²) in [6.45, 7) is 4.08. The Morgan fingerprint density at radius 2 is 1.26 bits per heavy atom. The highest BCUT2D eigenvalue weighted by Gasteiger charge is 2.34.